The van der Waals surface area contributed by atoms with Crippen molar-refractivity contribution in [3.8, 4) is 0 Å². The fraction of sp³-hybridized carbons (Fsp3) is 0.200. The van der Waals surface area contributed by atoms with Crippen LogP contribution >= 0.6 is 11.6 Å². The molecule has 0 saturated heterocycles. The van der Waals surface area contributed by atoms with Gasteiger partial charge in [-0.1, -0.05) is 11.6 Å². The van der Waals surface area contributed by atoms with E-state index in [0.29, 0.717) is 9.92 Å². The Labute approximate surface area is 100 Å². The molecule has 4 nitrogen and oxygen atoms in total. The minimum atomic E-state index is -3.26. The summed E-state index contributed by atoms with van der Waals surface area (Å²) in [6.45, 7) is -0.829. The van der Waals surface area contributed by atoms with Gasteiger partial charge in [-0.05, 0) is 24.3 Å². The maximum atomic E-state index is 12.3. The minimum absolute atomic E-state index is 0.0575. The van der Waals surface area contributed by atoms with Crippen LogP contribution in [-0.4, -0.2) is 30.0 Å². The van der Waals surface area contributed by atoms with Crippen LogP contribution in [0.25, 0.3) is 0 Å². The average Bonchev–Trinajstić information content (AvgIpc) is 2.26. The molecule has 1 amide bonds. The van der Waals surface area contributed by atoms with E-state index in [1.54, 1.807) is 0 Å². The van der Waals surface area contributed by atoms with Crippen molar-refractivity contribution in [2.24, 2.45) is 0 Å². The Morgan fingerprint density at radius 2 is 1.82 bits per heavy atom. The van der Waals surface area contributed by atoms with Gasteiger partial charge in [0, 0.05) is 10.7 Å². The van der Waals surface area contributed by atoms with Crippen LogP contribution in [0.2, 0.25) is 5.02 Å². The Balaban J connectivity index is 3.01. The summed E-state index contributed by atoms with van der Waals surface area (Å²) in [6.07, 6.45) is -3.26. The van der Waals surface area contributed by atoms with E-state index < -0.39 is 24.8 Å². The molecule has 7 heteroatoms. The lowest BCUT2D eigenvalue weighted by molar-refractivity contribution is -0.138. The number of aliphatic carboxylic acids is 1. The lowest BCUT2D eigenvalue weighted by Gasteiger charge is -2.20. The van der Waals surface area contributed by atoms with Crippen molar-refractivity contribution in [1.29, 1.82) is 0 Å². The molecule has 0 unspecified atom stereocenters. The van der Waals surface area contributed by atoms with E-state index in [0.717, 1.165) is 0 Å². The summed E-state index contributed by atoms with van der Waals surface area (Å²) in [4.78, 5) is 22.1. The van der Waals surface area contributed by atoms with Gasteiger partial charge in [0.15, 0.2) is 0 Å². The fourth-order valence-corrected chi connectivity index (χ4v) is 1.30. The number of carbonyl (C=O) groups excluding carboxylic acids is 1. The van der Waals surface area contributed by atoms with Gasteiger partial charge in [-0.25, -0.2) is 0 Å². The number of alkyl halides is 2. The number of amides is 1. The van der Waals surface area contributed by atoms with E-state index in [2.05, 4.69) is 0 Å². The van der Waals surface area contributed by atoms with Gasteiger partial charge >= 0.3 is 12.4 Å². The van der Waals surface area contributed by atoms with Crippen LogP contribution < -0.4 is 4.90 Å². The van der Waals surface area contributed by atoms with Crippen molar-refractivity contribution >= 4 is 29.2 Å². The highest BCUT2D eigenvalue weighted by Gasteiger charge is 2.26. The third-order valence-corrected chi connectivity index (χ3v) is 2.14. The van der Waals surface area contributed by atoms with Gasteiger partial charge in [-0.3, -0.25) is 14.5 Å². The molecule has 0 radical (unpaired) electrons. The Morgan fingerprint density at radius 1 is 1.29 bits per heavy atom. The number of nitrogens with zero attached hydrogens (tertiary/aromatic N) is 1. The second-order valence-electron chi connectivity index (χ2n) is 3.10. The van der Waals surface area contributed by atoms with Crippen molar-refractivity contribution in [2.75, 3.05) is 11.4 Å². The summed E-state index contributed by atoms with van der Waals surface area (Å²) in [5.74, 6) is -2.94. The Morgan fingerprint density at radius 3 is 2.24 bits per heavy atom. The maximum absolute atomic E-state index is 12.3. The van der Waals surface area contributed by atoms with E-state index in [1.807, 2.05) is 0 Å². The van der Waals surface area contributed by atoms with Gasteiger partial charge in [0.2, 0.25) is 0 Å². The third kappa shape index (κ3) is 3.67. The zero-order valence-electron chi connectivity index (χ0n) is 8.44. The van der Waals surface area contributed by atoms with Crippen molar-refractivity contribution in [3.63, 3.8) is 0 Å². The molecule has 0 spiro atoms. The molecule has 0 atom stereocenters. The molecule has 0 fully saturated rings. The number of benzene rings is 1. The Hall–Kier alpha value is -1.69. The summed E-state index contributed by atoms with van der Waals surface area (Å²) in [7, 11) is 0. The largest absolute Gasteiger partial charge is 0.480 e. The number of rotatable bonds is 4. The average molecular weight is 264 g/mol. The Bertz CT molecular complexity index is 422. The zero-order valence-corrected chi connectivity index (χ0v) is 9.19. The fourth-order valence-electron chi connectivity index (χ4n) is 1.17. The molecule has 1 aromatic rings. The number of halogens is 3. The Kier molecular flexibility index (Phi) is 4.39. The second-order valence-corrected chi connectivity index (χ2v) is 3.53. The topological polar surface area (TPSA) is 57.6 Å². The predicted molar refractivity (Wildman–Crippen MR) is 57.4 cm³/mol. The number of carboxylic acids is 1. The molecule has 0 aromatic heterocycles. The van der Waals surface area contributed by atoms with E-state index in [1.165, 1.54) is 24.3 Å². The van der Waals surface area contributed by atoms with E-state index in [4.69, 9.17) is 16.7 Å². The normalized spacial score (nSPS) is 10.4. The lowest BCUT2D eigenvalue weighted by Crippen LogP contribution is -2.39. The van der Waals surface area contributed by atoms with Crippen molar-refractivity contribution in [1.82, 2.24) is 0 Å². The molecular formula is C10H8ClF2NO3. The number of hydrogen-bond donors (Lipinski definition) is 1. The number of hydrogen-bond acceptors (Lipinski definition) is 2. The summed E-state index contributed by atoms with van der Waals surface area (Å²) in [5, 5.41) is 8.92. The molecule has 0 saturated carbocycles. The smallest absolute Gasteiger partial charge is 0.323 e. The maximum Gasteiger partial charge on any atom is 0.323 e. The van der Waals surface area contributed by atoms with Crippen molar-refractivity contribution in [2.45, 2.75) is 6.43 Å². The van der Waals surface area contributed by atoms with Crippen LogP contribution in [0, 0.1) is 0 Å². The molecule has 0 aliphatic heterocycles. The summed E-state index contributed by atoms with van der Waals surface area (Å²) in [5.41, 5.74) is 0.0575. The van der Waals surface area contributed by atoms with Crippen LogP contribution in [0.4, 0.5) is 14.5 Å². The summed E-state index contributed by atoms with van der Waals surface area (Å²) >= 11 is 5.60. The van der Waals surface area contributed by atoms with Crippen molar-refractivity contribution < 1.29 is 23.5 Å². The van der Waals surface area contributed by atoms with Gasteiger partial charge in [-0.15, -0.1) is 0 Å². The lowest BCUT2D eigenvalue weighted by atomic mass is 10.3. The number of anilines is 1. The SMILES string of the molecule is O=C(O)CN(C(=O)C(F)F)c1ccc(Cl)cc1. The summed E-state index contributed by atoms with van der Waals surface area (Å²) in [6, 6.07) is 5.35. The van der Waals surface area contributed by atoms with Crippen LogP contribution in [0.15, 0.2) is 24.3 Å². The van der Waals surface area contributed by atoms with Crippen LogP contribution in [0.5, 0.6) is 0 Å². The van der Waals surface area contributed by atoms with E-state index in [-0.39, 0.29) is 5.69 Å². The van der Waals surface area contributed by atoms with Crippen LogP contribution in [-0.2, 0) is 9.59 Å². The van der Waals surface area contributed by atoms with E-state index >= 15 is 0 Å². The molecule has 0 aliphatic carbocycles. The highest BCUT2D eigenvalue weighted by Crippen LogP contribution is 2.19. The monoisotopic (exact) mass is 263 g/mol. The van der Waals surface area contributed by atoms with Gasteiger partial charge in [0.05, 0.1) is 0 Å². The first-order valence-corrected chi connectivity index (χ1v) is 4.86. The number of carbonyl (C=O) groups is 2. The first-order valence-electron chi connectivity index (χ1n) is 4.48. The second kappa shape index (κ2) is 5.58. The quantitative estimate of drug-likeness (QED) is 0.904. The first kappa shape index (κ1) is 13.4. The highest BCUT2D eigenvalue weighted by molar-refractivity contribution is 6.30. The highest BCUT2D eigenvalue weighted by atomic mass is 35.5. The third-order valence-electron chi connectivity index (χ3n) is 1.88. The zero-order chi connectivity index (χ0) is 13.0. The summed E-state index contributed by atoms with van der Waals surface area (Å²) < 4.78 is 24.6. The molecular weight excluding hydrogens is 256 g/mol. The molecule has 92 valence electrons. The van der Waals surface area contributed by atoms with Crippen LogP contribution in [0.1, 0.15) is 0 Å². The minimum Gasteiger partial charge on any atom is -0.480 e. The van der Waals surface area contributed by atoms with E-state index in [9.17, 15) is 18.4 Å². The molecule has 1 N–H and O–H groups in total. The molecule has 0 bridgehead atoms. The predicted octanol–water partition coefficient (Wildman–Crippen LogP) is 2.02. The molecule has 0 aliphatic rings. The standard InChI is InChI=1S/C10H8ClF2NO3/c11-6-1-3-7(4-2-6)14(5-8(15)16)10(17)9(12)13/h1-4,9H,5H2,(H,15,16). The van der Waals surface area contributed by atoms with Gasteiger partial charge in [0.1, 0.15) is 6.54 Å². The van der Waals surface area contributed by atoms with Crippen molar-refractivity contribution in [3.05, 3.63) is 29.3 Å². The van der Waals surface area contributed by atoms with Gasteiger partial charge in [-0.2, -0.15) is 8.78 Å². The van der Waals surface area contributed by atoms with Gasteiger partial charge < -0.3 is 5.11 Å². The molecule has 1 rings (SSSR count). The van der Waals surface area contributed by atoms with Gasteiger partial charge in [0.25, 0.3) is 5.91 Å². The first-order chi connectivity index (χ1) is 7.91. The molecule has 1 aromatic carbocycles. The molecule has 17 heavy (non-hydrogen) atoms. The molecule has 0 heterocycles. The van der Waals surface area contributed by atoms with Crippen LogP contribution in [0.3, 0.4) is 0 Å². The number of carboxylic acid groups (broad SMARTS) is 1.